The summed E-state index contributed by atoms with van der Waals surface area (Å²) in [6.07, 6.45) is 4.47. The molecule has 0 saturated carbocycles. The maximum Gasteiger partial charge on any atom is 0.191 e. The van der Waals surface area contributed by atoms with Gasteiger partial charge in [0.25, 0.3) is 0 Å². The number of halogens is 1. The molecule has 0 saturated heterocycles. The molecule has 6 nitrogen and oxygen atoms in total. The van der Waals surface area contributed by atoms with Crippen LogP contribution in [0.3, 0.4) is 0 Å². The molecule has 1 heterocycles. The predicted molar refractivity (Wildman–Crippen MR) is 119 cm³/mol. The Morgan fingerprint density at radius 1 is 1.15 bits per heavy atom. The molecular formula is C20H30IN3O3. The first-order valence-electron chi connectivity index (χ1n) is 9.18. The van der Waals surface area contributed by atoms with Crippen molar-refractivity contribution in [3.8, 4) is 5.75 Å². The lowest BCUT2D eigenvalue weighted by molar-refractivity contribution is 0.105. The van der Waals surface area contributed by atoms with Crippen molar-refractivity contribution in [3.63, 3.8) is 0 Å². The lowest BCUT2D eigenvalue weighted by atomic mass is 10.1. The first-order chi connectivity index (χ1) is 12.8. The minimum atomic E-state index is 0. The fraction of sp³-hybridized carbons (Fsp3) is 0.450. The van der Waals surface area contributed by atoms with Gasteiger partial charge in [0.05, 0.1) is 6.26 Å². The van der Waals surface area contributed by atoms with Gasteiger partial charge in [0.15, 0.2) is 5.96 Å². The molecule has 0 spiro atoms. The van der Waals surface area contributed by atoms with E-state index in [-0.39, 0.29) is 24.0 Å². The van der Waals surface area contributed by atoms with Crippen molar-refractivity contribution in [1.29, 1.82) is 0 Å². The summed E-state index contributed by atoms with van der Waals surface area (Å²) in [6.45, 7) is 5.64. The van der Waals surface area contributed by atoms with Gasteiger partial charge >= 0.3 is 0 Å². The summed E-state index contributed by atoms with van der Waals surface area (Å²) in [5.41, 5.74) is 1.21. The molecule has 0 aliphatic heterocycles. The van der Waals surface area contributed by atoms with Crippen molar-refractivity contribution in [2.24, 2.45) is 4.99 Å². The summed E-state index contributed by atoms with van der Waals surface area (Å²) >= 11 is 0. The van der Waals surface area contributed by atoms with Gasteiger partial charge in [0.2, 0.25) is 0 Å². The van der Waals surface area contributed by atoms with E-state index in [1.54, 1.807) is 18.4 Å². The van der Waals surface area contributed by atoms with Gasteiger partial charge < -0.3 is 24.9 Å². The van der Waals surface area contributed by atoms with Crippen LogP contribution in [0.15, 0.2) is 52.1 Å². The number of benzene rings is 1. The molecule has 1 aromatic carbocycles. The number of rotatable bonds is 11. The molecule has 0 aliphatic carbocycles. The van der Waals surface area contributed by atoms with Crippen LogP contribution in [0.1, 0.15) is 31.1 Å². The van der Waals surface area contributed by atoms with Gasteiger partial charge in [0, 0.05) is 26.2 Å². The van der Waals surface area contributed by atoms with Crippen LogP contribution in [0.25, 0.3) is 0 Å². The van der Waals surface area contributed by atoms with E-state index in [1.807, 2.05) is 24.3 Å². The second-order valence-electron chi connectivity index (χ2n) is 5.94. The highest BCUT2D eigenvalue weighted by Crippen LogP contribution is 2.11. The van der Waals surface area contributed by atoms with E-state index in [1.165, 1.54) is 5.56 Å². The number of aryl methyl sites for hydroxylation is 1. The molecule has 7 heteroatoms. The van der Waals surface area contributed by atoms with Crippen LogP contribution in [-0.2, 0) is 17.8 Å². The Kier molecular flexibility index (Phi) is 12.4. The van der Waals surface area contributed by atoms with Crippen LogP contribution >= 0.6 is 24.0 Å². The van der Waals surface area contributed by atoms with E-state index in [9.17, 15) is 5.11 Å². The third kappa shape index (κ3) is 10.2. The monoisotopic (exact) mass is 487 g/mol. The molecule has 3 N–H and O–H groups in total. The number of phenolic OH excluding ortho intramolecular Hbond substituents is 1. The summed E-state index contributed by atoms with van der Waals surface area (Å²) in [7, 11) is 0. The molecular weight excluding hydrogens is 457 g/mol. The minimum Gasteiger partial charge on any atom is -0.508 e. The first-order valence-corrected chi connectivity index (χ1v) is 9.18. The fourth-order valence-electron chi connectivity index (χ4n) is 2.43. The number of hydrogen-bond acceptors (Lipinski definition) is 4. The lowest BCUT2D eigenvalue weighted by Gasteiger charge is -2.11. The van der Waals surface area contributed by atoms with Crippen molar-refractivity contribution < 1.29 is 14.3 Å². The van der Waals surface area contributed by atoms with Gasteiger partial charge in [-0.25, -0.2) is 0 Å². The highest BCUT2D eigenvalue weighted by Gasteiger charge is 1.99. The largest absolute Gasteiger partial charge is 0.508 e. The van der Waals surface area contributed by atoms with Crippen LogP contribution in [0.5, 0.6) is 5.75 Å². The average Bonchev–Trinajstić information content (AvgIpc) is 3.16. The highest BCUT2D eigenvalue weighted by atomic mass is 127. The Labute approximate surface area is 178 Å². The lowest BCUT2D eigenvalue weighted by Crippen LogP contribution is -2.38. The van der Waals surface area contributed by atoms with Gasteiger partial charge in [-0.2, -0.15) is 0 Å². The fourth-order valence-corrected chi connectivity index (χ4v) is 2.43. The highest BCUT2D eigenvalue weighted by molar-refractivity contribution is 14.0. The van der Waals surface area contributed by atoms with Crippen LogP contribution in [0.4, 0.5) is 0 Å². The summed E-state index contributed by atoms with van der Waals surface area (Å²) in [6, 6.07) is 11.1. The number of furan rings is 1. The molecule has 27 heavy (non-hydrogen) atoms. The maximum absolute atomic E-state index is 9.29. The summed E-state index contributed by atoms with van der Waals surface area (Å²) < 4.78 is 10.8. The number of guanidine groups is 1. The van der Waals surface area contributed by atoms with Gasteiger partial charge in [-0.15, -0.1) is 24.0 Å². The number of hydrogen-bond donors (Lipinski definition) is 3. The molecule has 2 aromatic rings. The molecule has 0 bridgehead atoms. The molecule has 0 fully saturated rings. The zero-order chi connectivity index (χ0) is 18.5. The van der Waals surface area contributed by atoms with Crippen LogP contribution in [0.2, 0.25) is 0 Å². The molecule has 2 rings (SSSR count). The third-order valence-corrected chi connectivity index (χ3v) is 3.76. The molecule has 0 atom stereocenters. The quantitative estimate of drug-likeness (QED) is 0.195. The Balaban J connectivity index is 0.00000364. The second-order valence-corrected chi connectivity index (χ2v) is 5.94. The average molecular weight is 487 g/mol. The minimum absolute atomic E-state index is 0. The number of nitrogens with one attached hydrogen (secondary N) is 2. The zero-order valence-electron chi connectivity index (χ0n) is 15.8. The van der Waals surface area contributed by atoms with E-state index in [4.69, 9.17) is 9.15 Å². The number of nitrogens with zero attached hydrogens (tertiary/aromatic N) is 1. The van der Waals surface area contributed by atoms with Crippen molar-refractivity contribution in [2.45, 2.75) is 32.8 Å². The molecule has 0 amide bonds. The molecule has 150 valence electrons. The van der Waals surface area contributed by atoms with E-state index in [0.717, 1.165) is 50.6 Å². The first kappa shape index (κ1) is 23.3. The Morgan fingerprint density at radius 3 is 2.67 bits per heavy atom. The number of aromatic hydroxyl groups is 1. The van der Waals surface area contributed by atoms with Crippen LogP contribution in [0, 0.1) is 0 Å². The van der Waals surface area contributed by atoms with E-state index in [0.29, 0.717) is 19.0 Å². The van der Waals surface area contributed by atoms with Crippen molar-refractivity contribution in [1.82, 2.24) is 10.6 Å². The van der Waals surface area contributed by atoms with E-state index < -0.39 is 0 Å². The van der Waals surface area contributed by atoms with Crippen LogP contribution in [-0.4, -0.2) is 37.3 Å². The summed E-state index contributed by atoms with van der Waals surface area (Å²) in [4.78, 5) is 4.59. The Bertz CT molecular complexity index is 630. The summed E-state index contributed by atoms with van der Waals surface area (Å²) in [5.74, 6) is 1.99. The molecule has 0 unspecified atom stereocenters. The van der Waals surface area contributed by atoms with Crippen LogP contribution < -0.4 is 10.6 Å². The van der Waals surface area contributed by atoms with Crippen molar-refractivity contribution in [2.75, 3.05) is 26.2 Å². The predicted octanol–water partition coefficient (Wildman–Crippen LogP) is 3.70. The molecule has 0 aliphatic rings. The molecule has 1 aromatic heterocycles. The van der Waals surface area contributed by atoms with Crippen molar-refractivity contribution >= 4 is 29.9 Å². The number of phenols is 1. The third-order valence-electron chi connectivity index (χ3n) is 3.76. The second kappa shape index (κ2) is 14.3. The molecule has 0 radical (unpaired) electrons. The number of ether oxygens (including phenoxy) is 1. The topological polar surface area (TPSA) is 79.0 Å². The smallest absolute Gasteiger partial charge is 0.191 e. The van der Waals surface area contributed by atoms with Crippen molar-refractivity contribution in [3.05, 3.63) is 54.0 Å². The van der Waals surface area contributed by atoms with Gasteiger partial charge in [-0.05, 0) is 56.0 Å². The standard InChI is InChI=1S/C20H29N3O3.HI/c1-2-21-20(22-12-3-6-17-8-10-18(24)11-9-17)23-13-5-14-25-16-19-7-4-15-26-19;/h4,7-11,15,24H,2-3,5-6,12-14,16H2,1H3,(H2,21,22,23);1H. The zero-order valence-corrected chi connectivity index (χ0v) is 18.1. The van der Waals surface area contributed by atoms with E-state index in [2.05, 4.69) is 22.5 Å². The van der Waals surface area contributed by atoms with E-state index >= 15 is 0 Å². The SMILES string of the molecule is CCNC(=NCCCc1ccc(O)cc1)NCCCOCc1ccco1.I. The number of aliphatic imine (C=N–C) groups is 1. The maximum atomic E-state index is 9.29. The normalized spacial score (nSPS) is 11.1. The van der Waals surface area contributed by atoms with Gasteiger partial charge in [-0.3, -0.25) is 4.99 Å². The Morgan fingerprint density at radius 2 is 1.96 bits per heavy atom. The Hall–Kier alpha value is -1.74. The summed E-state index contributed by atoms with van der Waals surface area (Å²) in [5, 5.41) is 15.9. The van der Waals surface area contributed by atoms with Gasteiger partial charge in [0.1, 0.15) is 18.1 Å². The van der Waals surface area contributed by atoms with Gasteiger partial charge in [-0.1, -0.05) is 12.1 Å².